The van der Waals surface area contributed by atoms with Gasteiger partial charge in [0.05, 0.1) is 23.4 Å². The number of nitrogen functional groups attached to an aromatic ring is 1. The molecule has 2 aromatic carbocycles. The summed E-state index contributed by atoms with van der Waals surface area (Å²) in [7, 11) is 1.22. The van der Waals surface area contributed by atoms with Gasteiger partial charge in [-0.25, -0.2) is 4.79 Å². The number of carbonyl (C=O) groups is 2. The number of nitrogens with one attached hydrogen (secondary N) is 1. The molecule has 1 amide bonds. The summed E-state index contributed by atoms with van der Waals surface area (Å²) in [4.78, 5) is 24.4. The van der Waals surface area contributed by atoms with Crippen molar-refractivity contribution in [2.75, 3.05) is 12.8 Å². The molecule has 1 atom stereocenters. The van der Waals surface area contributed by atoms with Gasteiger partial charge in [-0.15, -0.1) is 0 Å². The number of phenolic OH excluding ortho intramolecular Hbond substituents is 1. The lowest BCUT2D eigenvalue weighted by Crippen LogP contribution is -2.43. The Labute approximate surface area is 154 Å². The van der Waals surface area contributed by atoms with E-state index in [4.69, 9.17) is 33.7 Å². The minimum absolute atomic E-state index is 0.0191. The monoisotopic (exact) mass is 382 g/mol. The van der Waals surface area contributed by atoms with Gasteiger partial charge >= 0.3 is 5.97 Å². The molecule has 2 aromatic rings. The Bertz CT molecular complexity index is 797. The molecule has 0 saturated heterocycles. The topological polar surface area (TPSA) is 102 Å². The highest BCUT2D eigenvalue weighted by Crippen LogP contribution is 2.38. The van der Waals surface area contributed by atoms with Crippen molar-refractivity contribution in [1.29, 1.82) is 0 Å². The van der Waals surface area contributed by atoms with E-state index in [1.807, 2.05) is 30.3 Å². The van der Waals surface area contributed by atoms with Gasteiger partial charge < -0.3 is 20.9 Å². The summed E-state index contributed by atoms with van der Waals surface area (Å²) in [6.07, 6.45) is 0.219. The van der Waals surface area contributed by atoms with Crippen LogP contribution >= 0.6 is 23.2 Å². The number of benzene rings is 2. The Kier molecular flexibility index (Phi) is 6.12. The maximum Gasteiger partial charge on any atom is 0.328 e. The van der Waals surface area contributed by atoms with Gasteiger partial charge in [0.15, 0.2) is 0 Å². The van der Waals surface area contributed by atoms with Crippen molar-refractivity contribution < 1.29 is 19.4 Å². The molecule has 0 aliphatic heterocycles. The number of esters is 1. The first kappa shape index (κ1) is 18.9. The predicted octanol–water partition coefficient (Wildman–Crippen LogP) is 2.80. The predicted molar refractivity (Wildman–Crippen MR) is 96.0 cm³/mol. The Hall–Kier alpha value is -2.44. The highest BCUT2D eigenvalue weighted by atomic mass is 35.5. The zero-order valence-electron chi connectivity index (χ0n) is 13.3. The van der Waals surface area contributed by atoms with Crippen molar-refractivity contribution in [2.45, 2.75) is 12.5 Å². The van der Waals surface area contributed by atoms with Crippen molar-refractivity contribution >= 4 is 40.8 Å². The van der Waals surface area contributed by atoms with Crippen molar-refractivity contribution in [3.63, 3.8) is 0 Å². The Morgan fingerprint density at radius 2 is 1.92 bits per heavy atom. The molecule has 0 spiro atoms. The number of ether oxygens (including phenoxy) is 1. The first-order valence-electron chi connectivity index (χ1n) is 7.24. The van der Waals surface area contributed by atoms with E-state index in [1.165, 1.54) is 13.2 Å². The van der Waals surface area contributed by atoms with Gasteiger partial charge in [0.2, 0.25) is 0 Å². The van der Waals surface area contributed by atoms with Gasteiger partial charge in [-0.1, -0.05) is 53.5 Å². The first-order valence-corrected chi connectivity index (χ1v) is 7.99. The molecule has 0 saturated carbocycles. The molecular weight excluding hydrogens is 367 g/mol. The fourth-order valence-electron chi connectivity index (χ4n) is 2.22. The molecule has 0 radical (unpaired) electrons. The minimum atomic E-state index is -0.950. The number of aromatic hydroxyl groups is 1. The second-order valence-electron chi connectivity index (χ2n) is 5.22. The molecule has 0 bridgehead atoms. The normalized spacial score (nSPS) is 11.6. The van der Waals surface area contributed by atoms with Crippen molar-refractivity contribution in [1.82, 2.24) is 5.32 Å². The lowest BCUT2D eigenvalue weighted by atomic mass is 10.1. The molecule has 132 valence electrons. The molecule has 0 heterocycles. The van der Waals surface area contributed by atoms with Crippen LogP contribution < -0.4 is 11.1 Å². The minimum Gasteiger partial charge on any atom is -0.505 e. The van der Waals surface area contributed by atoms with Crippen molar-refractivity contribution in [2.24, 2.45) is 0 Å². The van der Waals surface area contributed by atoms with E-state index in [0.29, 0.717) is 0 Å². The maximum atomic E-state index is 12.5. The number of halogens is 2. The number of rotatable bonds is 5. The van der Waals surface area contributed by atoms with E-state index in [2.05, 4.69) is 5.32 Å². The van der Waals surface area contributed by atoms with Crippen LogP contribution in [0, 0.1) is 0 Å². The van der Waals surface area contributed by atoms with Crippen LogP contribution in [0.4, 0.5) is 5.69 Å². The largest absolute Gasteiger partial charge is 0.505 e. The quantitative estimate of drug-likeness (QED) is 0.545. The molecule has 0 aliphatic carbocycles. The number of phenols is 1. The number of nitrogens with two attached hydrogens (primary N) is 1. The zero-order valence-corrected chi connectivity index (χ0v) is 14.8. The summed E-state index contributed by atoms with van der Waals surface area (Å²) in [6, 6.07) is 9.34. The Morgan fingerprint density at radius 1 is 1.28 bits per heavy atom. The lowest BCUT2D eigenvalue weighted by molar-refractivity contribution is -0.142. The summed E-state index contributed by atoms with van der Waals surface area (Å²) >= 11 is 11.8. The third-order valence-corrected chi connectivity index (χ3v) is 4.24. The van der Waals surface area contributed by atoms with Crippen molar-refractivity contribution in [3.05, 3.63) is 57.6 Å². The molecule has 1 unspecified atom stereocenters. The lowest BCUT2D eigenvalue weighted by Gasteiger charge is -2.18. The van der Waals surface area contributed by atoms with Crippen LogP contribution in [-0.4, -0.2) is 30.1 Å². The summed E-state index contributed by atoms with van der Waals surface area (Å²) in [5, 5.41) is 12.3. The molecule has 6 nitrogen and oxygen atoms in total. The summed E-state index contributed by atoms with van der Waals surface area (Å²) < 4.78 is 4.73. The molecule has 8 heteroatoms. The van der Waals surface area contributed by atoms with E-state index in [0.717, 1.165) is 5.56 Å². The molecule has 25 heavy (non-hydrogen) atoms. The fourth-order valence-corrected chi connectivity index (χ4v) is 2.67. The molecule has 0 aliphatic rings. The number of anilines is 1. The van der Waals surface area contributed by atoms with E-state index < -0.39 is 23.7 Å². The molecule has 2 rings (SSSR count). The van der Waals surface area contributed by atoms with Gasteiger partial charge in [-0.05, 0) is 11.6 Å². The summed E-state index contributed by atoms with van der Waals surface area (Å²) in [6.45, 7) is 0. The maximum absolute atomic E-state index is 12.5. The summed E-state index contributed by atoms with van der Waals surface area (Å²) in [5.74, 6) is -1.86. The number of amides is 1. The molecule has 4 N–H and O–H groups in total. The smallest absolute Gasteiger partial charge is 0.328 e. The van der Waals surface area contributed by atoms with Crippen LogP contribution in [0.15, 0.2) is 36.4 Å². The second-order valence-corrected chi connectivity index (χ2v) is 6.01. The Morgan fingerprint density at radius 3 is 2.52 bits per heavy atom. The standard InChI is InChI=1S/C17H16Cl2N2O4/c1-25-17(24)12(7-9-5-3-2-4-6-9)21-16(23)10-8-11(18)14(20)13(19)15(10)22/h2-6,8,12,22H,7,20H2,1H3,(H,21,23). The van der Waals surface area contributed by atoms with Crippen LogP contribution in [0.1, 0.15) is 15.9 Å². The highest BCUT2D eigenvalue weighted by Gasteiger charge is 2.25. The summed E-state index contributed by atoms with van der Waals surface area (Å²) in [5.41, 5.74) is 6.20. The van der Waals surface area contributed by atoms with Gasteiger partial charge in [-0.3, -0.25) is 4.79 Å². The van der Waals surface area contributed by atoms with E-state index in [9.17, 15) is 14.7 Å². The van der Waals surface area contributed by atoms with E-state index in [1.54, 1.807) is 0 Å². The van der Waals surface area contributed by atoms with Crippen LogP contribution in [0.2, 0.25) is 10.0 Å². The average molecular weight is 383 g/mol. The van der Waals surface area contributed by atoms with Crippen molar-refractivity contribution in [3.8, 4) is 5.75 Å². The number of hydrogen-bond acceptors (Lipinski definition) is 5. The van der Waals surface area contributed by atoms with Gasteiger partial charge in [0.1, 0.15) is 16.8 Å². The van der Waals surface area contributed by atoms with Crippen LogP contribution in [-0.2, 0) is 16.0 Å². The molecule has 0 aromatic heterocycles. The third-order valence-electron chi connectivity index (χ3n) is 3.55. The van der Waals surface area contributed by atoms with E-state index in [-0.39, 0.29) is 27.7 Å². The second kappa shape index (κ2) is 8.09. The van der Waals surface area contributed by atoms with Gasteiger partial charge in [0.25, 0.3) is 5.91 Å². The Balaban J connectivity index is 2.27. The first-order chi connectivity index (χ1) is 11.8. The zero-order chi connectivity index (χ0) is 18.6. The van der Waals surface area contributed by atoms with Gasteiger partial charge in [0, 0.05) is 6.42 Å². The molecule has 0 fully saturated rings. The van der Waals surface area contributed by atoms with E-state index >= 15 is 0 Å². The molecular formula is C17H16Cl2N2O4. The number of hydrogen-bond donors (Lipinski definition) is 3. The third kappa shape index (κ3) is 4.35. The van der Waals surface area contributed by atoms with Crippen LogP contribution in [0.5, 0.6) is 5.75 Å². The van der Waals surface area contributed by atoms with Crippen LogP contribution in [0.3, 0.4) is 0 Å². The average Bonchev–Trinajstić information content (AvgIpc) is 2.62. The fraction of sp³-hybridized carbons (Fsp3) is 0.176. The van der Waals surface area contributed by atoms with Crippen LogP contribution in [0.25, 0.3) is 0 Å². The van der Waals surface area contributed by atoms with Gasteiger partial charge in [-0.2, -0.15) is 0 Å². The number of methoxy groups -OCH3 is 1. The highest BCUT2D eigenvalue weighted by molar-refractivity contribution is 6.40. The number of carbonyl (C=O) groups excluding carboxylic acids is 2. The SMILES string of the molecule is COC(=O)C(Cc1ccccc1)NC(=O)c1cc(Cl)c(N)c(Cl)c1O.